The number of fused-ring (bicyclic) bond motifs is 4. The quantitative estimate of drug-likeness (QED) is 0.193. The molecule has 0 amide bonds. The normalized spacial score (nSPS) is 11.7. The van der Waals surface area contributed by atoms with E-state index in [4.69, 9.17) is 4.98 Å². The zero-order valence-electron chi connectivity index (χ0n) is 25.1. The van der Waals surface area contributed by atoms with Crippen LogP contribution in [0.5, 0.6) is 0 Å². The lowest BCUT2D eigenvalue weighted by molar-refractivity contribution is 1.10. The van der Waals surface area contributed by atoms with Crippen molar-refractivity contribution in [1.82, 2.24) is 14.1 Å². The van der Waals surface area contributed by atoms with E-state index in [0.29, 0.717) is 0 Å². The molecule has 3 aromatic heterocycles. The summed E-state index contributed by atoms with van der Waals surface area (Å²) in [5.41, 5.74) is 12.0. The number of pyridine rings is 1. The molecule has 0 spiro atoms. The van der Waals surface area contributed by atoms with Crippen LogP contribution in [-0.2, 0) is 0 Å². The second-order valence-electron chi connectivity index (χ2n) is 11.2. The Kier molecular flexibility index (Phi) is 6.50. The highest BCUT2D eigenvalue weighted by molar-refractivity contribution is 6.09. The summed E-state index contributed by atoms with van der Waals surface area (Å²) >= 11 is 0. The molecule has 0 aliphatic heterocycles. The Morgan fingerprint density at radius 3 is 1.58 bits per heavy atom. The molecule has 3 heteroatoms. The average Bonchev–Trinajstić information content (AvgIpc) is 3.61. The number of aromatic nitrogens is 3. The minimum atomic E-state index is 0.935. The van der Waals surface area contributed by atoms with Gasteiger partial charge in [-0.05, 0) is 67.6 Å². The number of rotatable bonds is 6. The van der Waals surface area contributed by atoms with Crippen molar-refractivity contribution >= 4 is 44.9 Å². The van der Waals surface area contributed by atoms with Crippen LogP contribution in [0.15, 0.2) is 152 Å². The Morgan fingerprint density at radius 2 is 1.02 bits per heavy atom. The maximum absolute atomic E-state index is 5.19. The molecule has 0 fully saturated rings. The zero-order valence-corrected chi connectivity index (χ0v) is 25.1. The Balaban J connectivity index is 1.23. The Hall–Kier alpha value is -5.93. The zero-order chi connectivity index (χ0) is 30.3. The van der Waals surface area contributed by atoms with E-state index in [-0.39, 0.29) is 0 Å². The monoisotopic (exact) mass is 577 g/mol. The van der Waals surface area contributed by atoms with E-state index in [9.17, 15) is 0 Å². The van der Waals surface area contributed by atoms with Gasteiger partial charge in [-0.15, -0.1) is 0 Å². The van der Waals surface area contributed by atoms with Gasteiger partial charge < -0.3 is 9.13 Å². The van der Waals surface area contributed by atoms with Crippen LogP contribution < -0.4 is 0 Å². The van der Waals surface area contributed by atoms with Crippen LogP contribution in [-0.4, -0.2) is 14.1 Å². The predicted octanol–water partition coefficient (Wildman–Crippen LogP) is 11.1. The second-order valence-corrected chi connectivity index (χ2v) is 11.2. The van der Waals surface area contributed by atoms with E-state index >= 15 is 0 Å². The summed E-state index contributed by atoms with van der Waals surface area (Å²) in [5, 5.41) is 3.70. The van der Waals surface area contributed by atoms with E-state index in [1.54, 1.807) is 0 Å². The molecule has 0 atom stereocenters. The number of benzene rings is 5. The van der Waals surface area contributed by atoms with Crippen LogP contribution in [0.2, 0.25) is 0 Å². The number of hydrogen-bond donors (Lipinski definition) is 0. The van der Waals surface area contributed by atoms with E-state index < -0.39 is 0 Å². The number of hydrogen-bond acceptors (Lipinski definition) is 1. The van der Waals surface area contributed by atoms with Gasteiger partial charge in [0, 0.05) is 44.2 Å². The summed E-state index contributed by atoms with van der Waals surface area (Å²) in [7, 11) is 0. The molecule has 8 aromatic rings. The van der Waals surface area contributed by atoms with E-state index in [0.717, 1.165) is 50.7 Å². The fourth-order valence-electron chi connectivity index (χ4n) is 6.67. The molecule has 3 heterocycles. The standard InChI is InChI=1S/C42H31N3/c1-3-14-39-33(4-2)34-19-5-8-24-40(34)44(39)31-17-11-15-29(27-31)37-22-13-23-38(43-37)30-16-12-18-32(28-30)45-41-25-9-6-20-35(41)36-21-7-10-26-42(36)45/h3-28H,2H2,1H3/b14-3-. The van der Waals surface area contributed by atoms with Crippen molar-refractivity contribution in [2.24, 2.45) is 0 Å². The lowest BCUT2D eigenvalue weighted by atomic mass is 10.1. The summed E-state index contributed by atoms with van der Waals surface area (Å²) in [5.74, 6) is 0. The maximum Gasteiger partial charge on any atom is 0.0710 e. The first-order valence-electron chi connectivity index (χ1n) is 15.3. The molecular weight excluding hydrogens is 546 g/mol. The lowest BCUT2D eigenvalue weighted by Crippen LogP contribution is -1.98. The smallest absolute Gasteiger partial charge is 0.0710 e. The molecule has 8 rings (SSSR count). The third-order valence-electron chi connectivity index (χ3n) is 8.61. The first kappa shape index (κ1) is 26.7. The third-order valence-corrected chi connectivity index (χ3v) is 8.61. The maximum atomic E-state index is 5.19. The predicted molar refractivity (Wildman–Crippen MR) is 191 cm³/mol. The van der Waals surface area contributed by atoms with Crippen molar-refractivity contribution in [2.45, 2.75) is 6.92 Å². The van der Waals surface area contributed by atoms with Gasteiger partial charge in [-0.3, -0.25) is 0 Å². The molecule has 3 nitrogen and oxygen atoms in total. The van der Waals surface area contributed by atoms with Gasteiger partial charge in [0.1, 0.15) is 0 Å². The highest BCUT2D eigenvalue weighted by Crippen LogP contribution is 2.35. The fraction of sp³-hybridized carbons (Fsp3) is 0.0238. The summed E-state index contributed by atoms with van der Waals surface area (Å²) in [6.07, 6.45) is 6.20. The van der Waals surface area contributed by atoms with Crippen LogP contribution in [0.3, 0.4) is 0 Å². The molecule has 0 aliphatic carbocycles. The molecule has 0 unspecified atom stereocenters. The largest absolute Gasteiger partial charge is 0.309 e. The van der Waals surface area contributed by atoms with Crippen molar-refractivity contribution in [1.29, 1.82) is 0 Å². The SMILES string of the molecule is C=Cc1c(/C=C\C)n(-c2cccc(-c3cccc(-c4cccc(-n5c6ccccc6c6ccccc65)c4)n3)c2)c2ccccc12. The molecule has 0 radical (unpaired) electrons. The number of para-hydroxylation sites is 3. The van der Waals surface area contributed by atoms with Crippen molar-refractivity contribution < 1.29 is 0 Å². The van der Waals surface area contributed by atoms with Gasteiger partial charge in [0.15, 0.2) is 0 Å². The molecule has 0 N–H and O–H groups in total. The first-order valence-corrected chi connectivity index (χ1v) is 15.3. The van der Waals surface area contributed by atoms with Gasteiger partial charge in [-0.1, -0.05) is 104 Å². The minimum absolute atomic E-state index is 0.935. The minimum Gasteiger partial charge on any atom is -0.309 e. The van der Waals surface area contributed by atoms with E-state index in [2.05, 4.69) is 174 Å². The number of allylic oxidation sites excluding steroid dienone is 1. The van der Waals surface area contributed by atoms with Crippen LogP contribution in [0.4, 0.5) is 0 Å². The summed E-state index contributed by atoms with van der Waals surface area (Å²) in [4.78, 5) is 5.19. The van der Waals surface area contributed by atoms with E-state index in [1.807, 2.05) is 6.08 Å². The van der Waals surface area contributed by atoms with Crippen molar-refractivity contribution in [3.63, 3.8) is 0 Å². The van der Waals surface area contributed by atoms with Gasteiger partial charge in [0.05, 0.1) is 33.6 Å². The van der Waals surface area contributed by atoms with Gasteiger partial charge in [0.25, 0.3) is 0 Å². The molecule has 45 heavy (non-hydrogen) atoms. The average molecular weight is 578 g/mol. The van der Waals surface area contributed by atoms with Gasteiger partial charge >= 0.3 is 0 Å². The van der Waals surface area contributed by atoms with Crippen molar-refractivity contribution in [3.05, 3.63) is 163 Å². The highest BCUT2D eigenvalue weighted by Gasteiger charge is 2.16. The van der Waals surface area contributed by atoms with Crippen LogP contribution in [0.1, 0.15) is 18.2 Å². The van der Waals surface area contributed by atoms with Crippen LogP contribution in [0, 0.1) is 0 Å². The van der Waals surface area contributed by atoms with Gasteiger partial charge in [0.2, 0.25) is 0 Å². The summed E-state index contributed by atoms with van der Waals surface area (Å²) in [6.45, 7) is 6.18. The first-order chi connectivity index (χ1) is 22.2. The molecule has 0 saturated heterocycles. The molecule has 5 aromatic carbocycles. The van der Waals surface area contributed by atoms with Gasteiger partial charge in [-0.2, -0.15) is 0 Å². The van der Waals surface area contributed by atoms with Crippen molar-refractivity contribution in [2.75, 3.05) is 0 Å². The summed E-state index contributed by atoms with van der Waals surface area (Å²) < 4.78 is 4.66. The van der Waals surface area contributed by atoms with Crippen LogP contribution in [0.25, 0.3) is 78.8 Å². The molecule has 0 saturated carbocycles. The summed E-state index contributed by atoms with van der Waals surface area (Å²) in [6, 6.07) is 49.4. The second kappa shape index (κ2) is 11.0. The Morgan fingerprint density at radius 1 is 0.533 bits per heavy atom. The Labute approximate surface area is 262 Å². The lowest BCUT2D eigenvalue weighted by Gasteiger charge is -2.12. The number of nitrogens with zero attached hydrogens (tertiary/aromatic N) is 3. The van der Waals surface area contributed by atoms with Crippen LogP contribution >= 0.6 is 0 Å². The molecule has 214 valence electrons. The molecular formula is C42H31N3. The Bertz CT molecular complexity index is 2360. The topological polar surface area (TPSA) is 22.8 Å². The van der Waals surface area contributed by atoms with E-state index in [1.165, 1.54) is 27.2 Å². The molecule has 0 aliphatic rings. The van der Waals surface area contributed by atoms with Crippen molar-refractivity contribution in [3.8, 4) is 33.9 Å². The fourth-order valence-corrected chi connectivity index (χ4v) is 6.67. The highest BCUT2D eigenvalue weighted by atomic mass is 15.0. The third kappa shape index (κ3) is 4.40. The van der Waals surface area contributed by atoms with Gasteiger partial charge in [-0.25, -0.2) is 4.98 Å². The molecule has 0 bridgehead atoms.